The maximum atomic E-state index is 11.1. The Hall–Kier alpha value is -0.430. The molecule has 0 aromatic heterocycles. The summed E-state index contributed by atoms with van der Waals surface area (Å²) in [6.07, 6.45) is -4.92. The Balaban J connectivity index is 3.74. The second kappa shape index (κ2) is 2.92. The topological polar surface area (TPSA) is 49.3 Å². The zero-order valence-corrected chi connectivity index (χ0v) is 4.71. The fourth-order valence-corrected chi connectivity index (χ4v) is 0.298. The average molecular weight is 161 g/mol. The number of amides is 1. The van der Waals surface area contributed by atoms with E-state index in [-0.39, 0.29) is 12.2 Å². The van der Waals surface area contributed by atoms with Crippen LogP contribution in [-0.2, 0) is 4.79 Å². The summed E-state index contributed by atoms with van der Waals surface area (Å²) in [4.78, 5) is 9.65. The van der Waals surface area contributed by atoms with Crippen molar-refractivity contribution < 1.29 is 22.5 Å². The summed E-state index contributed by atoms with van der Waals surface area (Å²) in [6.45, 7) is 0. The van der Waals surface area contributed by atoms with Gasteiger partial charge in [-0.2, -0.15) is 13.2 Å². The van der Waals surface area contributed by atoms with E-state index in [1.54, 1.807) is 0 Å². The number of carbonyl (C=O) groups excluding carboxylic acids is 1. The van der Waals surface area contributed by atoms with Crippen LogP contribution in [0.5, 0.6) is 0 Å². The maximum absolute atomic E-state index is 11.1. The van der Waals surface area contributed by atoms with Crippen LogP contribution >= 0.6 is 12.2 Å². The fraction of sp³-hybridized carbons (Fsp3) is 0.500. The van der Waals surface area contributed by atoms with Crippen LogP contribution in [0.2, 0.25) is 0 Å². The molecule has 0 heterocycles. The molecule has 0 fully saturated rings. The molecule has 0 unspecified atom stereocenters. The number of rotatable bonds is 1. The molecule has 54 valence electrons. The van der Waals surface area contributed by atoms with Crippen molar-refractivity contribution in [1.82, 2.24) is 4.72 Å². The van der Waals surface area contributed by atoms with Crippen LogP contribution in [0.15, 0.2) is 0 Å². The van der Waals surface area contributed by atoms with Gasteiger partial charge < -0.3 is 4.55 Å². The normalized spacial score (nSPS) is 11.1. The first-order valence-electron chi connectivity index (χ1n) is 1.66. The first-order valence-corrected chi connectivity index (χ1v) is 2.43. The van der Waals surface area contributed by atoms with Gasteiger partial charge in [-0.25, -0.2) is 0 Å². The van der Waals surface area contributed by atoms with Gasteiger partial charge in [-0.15, -0.1) is 0 Å². The number of halogens is 3. The SMILES string of the molecule is O=C(NSO)C(F)(F)F. The van der Waals surface area contributed by atoms with Gasteiger partial charge in [-0.3, -0.25) is 9.52 Å². The fourth-order valence-electron chi connectivity index (χ4n) is 0.0993. The number of hydrogen-bond donors (Lipinski definition) is 2. The molecule has 0 aliphatic heterocycles. The van der Waals surface area contributed by atoms with Crippen LogP contribution < -0.4 is 4.72 Å². The lowest BCUT2D eigenvalue weighted by atomic mass is 10.6. The molecule has 0 bridgehead atoms. The molecule has 0 aliphatic carbocycles. The van der Waals surface area contributed by atoms with Gasteiger partial charge in [0.05, 0.1) is 0 Å². The predicted molar refractivity (Wildman–Crippen MR) is 24.4 cm³/mol. The van der Waals surface area contributed by atoms with Gasteiger partial charge in [0.25, 0.3) is 0 Å². The first kappa shape index (κ1) is 8.57. The van der Waals surface area contributed by atoms with E-state index in [2.05, 4.69) is 0 Å². The van der Waals surface area contributed by atoms with Gasteiger partial charge in [-0.1, -0.05) is 0 Å². The summed E-state index contributed by atoms with van der Waals surface area (Å²) < 4.78 is 42.1. The van der Waals surface area contributed by atoms with E-state index in [0.717, 1.165) is 4.72 Å². The van der Waals surface area contributed by atoms with Crippen LogP contribution in [0.3, 0.4) is 0 Å². The summed E-state index contributed by atoms with van der Waals surface area (Å²) >= 11 is -0.383. The van der Waals surface area contributed by atoms with Gasteiger partial charge in [0, 0.05) is 0 Å². The highest BCUT2D eigenvalue weighted by Crippen LogP contribution is 2.14. The van der Waals surface area contributed by atoms with E-state index in [1.807, 2.05) is 0 Å². The average Bonchev–Trinajstić information content (AvgIpc) is 1.64. The summed E-state index contributed by atoms with van der Waals surface area (Å²) in [7, 11) is 0. The highest BCUT2D eigenvalue weighted by Gasteiger charge is 2.38. The highest BCUT2D eigenvalue weighted by atomic mass is 32.2. The Bertz CT molecular complexity index is 113. The highest BCUT2D eigenvalue weighted by molar-refractivity contribution is 7.92. The lowest BCUT2D eigenvalue weighted by Crippen LogP contribution is -2.32. The van der Waals surface area contributed by atoms with Crippen molar-refractivity contribution in [3.05, 3.63) is 0 Å². The molecule has 2 N–H and O–H groups in total. The van der Waals surface area contributed by atoms with Crippen molar-refractivity contribution in [2.75, 3.05) is 0 Å². The molecule has 0 atom stereocenters. The van der Waals surface area contributed by atoms with Crippen molar-refractivity contribution >= 4 is 18.1 Å². The third-order valence-electron chi connectivity index (χ3n) is 0.396. The third-order valence-corrected chi connectivity index (χ3v) is 0.672. The zero-order valence-electron chi connectivity index (χ0n) is 3.90. The van der Waals surface area contributed by atoms with Crippen molar-refractivity contribution in [3.8, 4) is 0 Å². The molecule has 3 nitrogen and oxygen atoms in total. The molecule has 0 saturated heterocycles. The molecule has 0 aromatic carbocycles. The molecule has 0 aliphatic rings. The number of alkyl halides is 3. The predicted octanol–water partition coefficient (Wildman–Crippen LogP) is 0.786. The standard InChI is InChI=1S/C2H2F3NO2S/c3-2(4,5)1(7)6-9-8/h8H,(H,6,7). The van der Waals surface area contributed by atoms with Crippen molar-refractivity contribution in [2.24, 2.45) is 0 Å². The van der Waals surface area contributed by atoms with Crippen LogP contribution in [0.25, 0.3) is 0 Å². The van der Waals surface area contributed by atoms with Crippen molar-refractivity contribution in [3.63, 3.8) is 0 Å². The molecule has 0 radical (unpaired) electrons. The van der Waals surface area contributed by atoms with E-state index < -0.39 is 12.1 Å². The molecule has 0 saturated carbocycles. The summed E-state index contributed by atoms with van der Waals surface area (Å²) in [5.41, 5.74) is 0. The molecule has 0 spiro atoms. The van der Waals surface area contributed by atoms with Gasteiger partial charge in [0.2, 0.25) is 0 Å². The Morgan fingerprint density at radius 3 is 2.11 bits per heavy atom. The number of hydrogen-bond acceptors (Lipinski definition) is 3. The van der Waals surface area contributed by atoms with Crippen LogP contribution in [0, 0.1) is 0 Å². The summed E-state index contributed by atoms with van der Waals surface area (Å²) in [5, 5.41) is 0. The molecule has 0 rings (SSSR count). The molecular weight excluding hydrogens is 159 g/mol. The maximum Gasteiger partial charge on any atom is 0.472 e. The van der Waals surface area contributed by atoms with E-state index in [0.29, 0.717) is 0 Å². The second-order valence-corrected chi connectivity index (χ2v) is 1.41. The van der Waals surface area contributed by atoms with Crippen molar-refractivity contribution in [1.29, 1.82) is 0 Å². The van der Waals surface area contributed by atoms with Crippen LogP contribution in [-0.4, -0.2) is 16.6 Å². The lowest BCUT2D eigenvalue weighted by molar-refractivity contribution is -0.171. The quantitative estimate of drug-likeness (QED) is 0.441. The smallest absolute Gasteiger partial charge is 0.312 e. The number of carbonyl (C=O) groups is 1. The van der Waals surface area contributed by atoms with Crippen molar-refractivity contribution in [2.45, 2.75) is 6.18 Å². The molecule has 1 amide bonds. The Morgan fingerprint density at radius 1 is 1.56 bits per heavy atom. The van der Waals surface area contributed by atoms with Crippen LogP contribution in [0.1, 0.15) is 0 Å². The van der Waals surface area contributed by atoms with Gasteiger partial charge in [0.1, 0.15) is 12.2 Å². The summed E-state index contributed by atoms with van der Waals surface area (Å²) in [5.74, 6) is -2.17. The third kappa shape index (κ3) is 3.20. The minimum atomic E-state index is -4.92. The van der Waals surface area contributed by atoms with E-state index in [1.165, 1.54) is 0 Å². The Kier molecular flexibility index (Phi) is 2.78. The minimum Gasteiger partial charge on any atom is -0.312 e. The minimum absolute atomic E-state index is 0.383. The van der Waals surface area contributed by atoms with Gasteiger partial charge in [-0.05, 0) is 0 Å². The van der Waals surface area contributed by atoms with E-state index in [9.17, 15) is 18.0 Å². The molecule has 9 heavy (non-hydrogen) atoms. The molecule has 0 aromatic rings. The first-order chi connectivity index (χ1) is 3.98. The van der Waals surface area contributed by atoms with E-state index in [4.69, 9.17) is 4.55 Å². The molecule has 7 heteroatoms. The van der Waals surface area contributed by atoms with E-state index >= 15 is 0 Å². The number of nitrogens with one attached hydrogen (secondary N) is 1. The largest absolute Gasteiger partial charge is 0.472 e. The van der Waals surface area contributed by atoms with Gasteiger partial charge in [0.15, 0.2) is 0 Å². The zero-order chi connectivity index (χ0) is 7.49. The Labute approximate surface area is 52.6 Å². The molecular formula is C2H2F3NO2S. The lowest BCUT2D eigenvalue weighted by Gasteiger charge is -2.01. The van der Waals surface area contributed by atoms with Gasteiger partial charge >= 0.3 is 12.1 Å². The monoisotopic (exact) mass is 161 g/mol. The summed E-state index contributed by atoms with van der Waals surface area (Å²) in [6, 6.07) is 0. The Morgan fingerprint density at radius 2 is 2.00 bits per heavy atom. The van der Waals surface area contributed by atoms with Crippen LogP contribution in [0.4, 0.5) is 13.2 Å². The second-order valence-electron chi connectivity index (χ2n) is 1.02.